The lowest BCUT2D eigenvalue weighted by Gasteiger charge is -2.39. The van der Waals surface area contributed by atoms with Crippen molar-refractivity contribution >= 4 is 11.4 Å². The van der Waals surface area contributed by atoms with E-state index in [4.69, 9.17) is 15.2 Å². The summed E-state index contributed by atoms with van der Waals surface area (Å²) in [4.78, 5) is 2.30. The van der Waals surface area contributed by atoms with E-state index in [1.807, 2.05) is 25.1 Å². The zero-order valence-corrected chi connectivity index (χ0v) is 11.3. The Labute approximate surface area is 109 Å². The minimum atomic E-state index is 0.233. The van der Waals surface area contributed by atoms with Gasteiger partial charge >= 0.3 is 0 Å². The lowest BCUT2D eigenvalue weighted by atomic mass is 10.1. The van der Waals surface area contributed by atoms with Gasteiger partial charge in [0, 0.05) is 12.6 Å². The Hall–Kier alpha value is -1.42. The van der Waals surface area contributed by atoms with Crippen LogP contribution >= 0.6 is 0 Å². The van der Waals surface area contributed by atoms with Crippen molar-refractivity contribution in [2.45, 2.75) is 32.9 Å². The fraction of sp³-hybridized carbons (Fsp3) is 0.571. The third-order valence-corrected chi connectivity index (χ3v) is 3.26. The van der Waals surface area contributed by atoms with Gasteiger partial charge in [0.15, 0.2) is 0 Å². The summed E-state index contributed by atoms with van der Waals surface area (Å²) < 4.78 is 11.2. The third kappa shape index (κ3) is 2.53. The van der Waals surface area contributed by atoms with Crippen LogP contribution in [0.3, 0.4) is 0 Å². The molecule has 2 rings (SSSR count). The van der Waals surface area contributed by atoms with Crippen LogP contribution in [0, 0.1) is 0 Å². The molecule has 1 saturated heterocycles. The average Bonchev–Trinajstić information content (AvgIpc) is 2.35. The highest BCUT2D eigenvalue weighted by Crippen LogP contribution is 2.34. The van der Waals surface area contributed by atoms with Crippen molar-refractivity contribution in [3.05, 3.63) is 18.2 Å². The highest BCUT2D eigenvalue weighted by Gasteiger charge is 2.25. The van der Waals surface area contributed by atoms with Gasteiger partial charge in [-0.25, -0.2) is 0 Å². The summed E-state index contributed by atoms with van der Waals surface area (Å²) >= 11 is 0. The van der Waals surface area contributed by atoms with E-state index in [9.17, 15) is 0 Å². The minimum absolute atomic E-state index is 0.233. The second-order valence-corrected chi connectivity index (χ2v) is 4.77. The molecule has 4 heteroatoms. The van der Waals surface area contributed by atoms with Crippen LogP contribution in [0.5, 0.6) is 5.75 Å². The predicted molar refractivity (Wildman–Crippen MR) is 74.2 cm³/mol. The first-order valence-corrected chi connectivity index (χ1v) is 6.53. The van der Waals surface area contributed by atoms with Gasteiger partial charge < -0.3 is 20.1 Å². The Morgan fingerprint density at radius 3 is 2.94 bits per heavy atom. The molecule has 0 saturated carbocycles. The monoisotopic (exact) mass is 250 g/mol. The molecular weight excluding hydrogens is 228 g/mol. The van der Waals surface area contributed by atoms with Crippen molar-refractivity contribution < 1.29 is 9.47 Å². The molecule has 4 nitrogen and oxygen atoms in total. The van der Waals surface area contributed by atoms with E-state index in [0.29, 0.717) is 12.6 Å². The summed E-state index contributed by atoms with van der Waals surface area (Å²) in [6, 6.07) is 6.28. The number of anilines is 2. The summed E-state index contributed by atoms with van der Waals surface area (Å²) in [6.45, 7) is 8.43. The van der Waals surface area contributed by atoms with Crippen molar-refractivity contribution in [2.75, 3.05) is 30.4 Å². The van der Waals surface area contributed by atoms with E-state index in [1.165, 1.54) is 0 Å². The molecule has 1 aliphatic rings. The van der Waals surface area contributed by atoms with Crippen molar-refractivity contribution in [3.63, 3.8) is 0 Å². The maximum absolute atomic E-state index is 6.20. The van der Waals surface area contributed by atoms with E-state index >= 15 is 0 Å². The van der Waals surface area contributed by atoms with Crippen molar-refractivity contribution in [2.24, 2.45) is 0 Å². The zero-order valence-electron chi connectivity index (χ0n) is 11.3. The standard InChI is InChI=1S/C14H22N2O2/c1-4-17-13-7-5-6-12(14(13)15)16-8-11(3)18-9-10(16)2/h5-7,10-11H,4,8-9,15H2,1-3H3. The first kappa shape index (κ1) is 13.0. The molecule has 100 valence electrons. The van der Waals surface area contributed by atoms with Crippen LogP contribution in [0.2, 0.25) is 0 Å². The number of nitrogens with zero attached hydrogens (tertiary/aromatic N) is 1. The van der Waals surface area contributed by atoms with E-state index in [0.717, 1.165) is 30.3 Å². The topological polar surface area (TPSA) is 47.7 Å². The number of ether oxygens (including phenoxy) is 2. The Bertz CT molecular complexity index is 409. The Balaban J connectivity index is 2.28. The number of morpholine rings is 1. The van der Waals surface area contributed by atoms with Crippen LogP contribution in [-0.2, 0) is 4.74 Å². The van der Waals surface area contributed by atoms with Gasteiger partial charge in [0.25, 0.3) is 0 Å². The molecule has 0 aromatic heterocycles. The fourth-order valence-electron chi connectivity index (χ4n) is 2.30. The molecule has 1 aromatic carbocycles. The van der Waals surface area contributed by atoms with Gasteiger partial charge in [-0.3, -0.25) is 0 Å². The van der Waals surface area contributed by atoms with Gasteiger partial charge in [0.1, 0.15) is 5.75 Å². The van der Waals surface area contributed by atoms with E-state index in [2.05, 4.69) is 18.7 Å². The predicted octanol–water partition coefficient (Wildman–Crippen LogP) is 2.28. The van der Waals surface area contributed by atoms with E-state index < -0.39 is 0 Å². The van der Waals surface area contributed by atoms with E-state index in [1.54, 1.807) is 0 Å². The summed E-state index contributed by atoms with van der Waals surface area (Å²) in [5, 5.41) is 0. The second kappa shape index (κ2) is 5.48. The maximum atomic E-state index is 6.20. The number of nitrogen functional groups attached to an aromatic ring is 1. The van der Waals surface area contributed by atoms with Crippen LogP contribution in [0.1, 0.15) is 20.8 Å². The van der Waals surface area contributed by atoms with Crippen LogP contribution in [0.15, 0.2) is 18.2 Å². The number of rotatable bonds is 3. The molecule has 1 fully saturated rings. The molecule has 0 spiro atoms. The first-order valence-electron chi connectivity index (χ1n) is 6.53. The molecule has 1 aliphatic heterocycles. The second-order valence-electron chi connectivity index (χ2n) is 4.77. The van der Waals surface area contributed by atoms with Gasteiger partial charge in [-0.15, -0.1) is 0 Å². The maximum Gasteiger partial charge on any atom is 0.144 e. The number of para-hydroxylation sites is 1. The average molecular weight is 250 g/mol. The molecule has 2 N–H and O–H groups in total. The molecule has 0 aliphatic carbocycles. The number of benzene rings is 1. The lowest BCUT2D eigenvalue weighted by molar-refractivity contribution is 0.0344. The van der Waals surface area contributed by atoms with E-state index in [-0.39, 0.29) is 6.10 Å². The fourth-order valence-corrected chi connectivity index (χ4v) is 2.30. The summed E-state index contributed by atoms with van der Waals surface area (Å²) in [7, 11) is 0. The molecule has 2 unspecified atom stereocenters. The first-order chi connectivity index (χ1) is 8.63. The van der Waals surface area contributed by atoms with Gasteiger partial charge in [-0.05, 0) is 32.9 Å². The van der Waals surface area contributed by atoms with Crippen LogP contribution < -0.4 is 15.4 Å². The molecule has 1 aromatic rings. The molecule has 0 radical (unpaired) electrons. The smallest absolute Gasteiger partial charge is 0.144 e. The minimum Gasteiger partial charge on any atom is -0.492 e. The Morgan fingerprint density at radius 2 is 2.22 bits per heavy atom. The number of hydrogen-bond acceptors (Lipinski definition) is 4. The largest absolute Gasteiger partial charge is 0.492 e. The van der Waals surface area contributed by atoms with Crippen LogP contribution in [0.25, 0.3) is 0 Å². The summed E-state index contributed by atoms with van der Waals surface area (Å²) in [5.41, 5.74) is 7.97. The van der Waals surface area contributed by atoms with Crippen LogP contribution in [0.4, 0.5) is 11.4 Å². The zero-order chi connectivity index (χ0) is 13.1. The Kier molecular flexibility index (Phi) is 3.97. The third-order valence-electron chi connectivity index (χ3n) is 3.26. The van der Waals surface area contributed by atoms with Gasteiger partial charge in [0.2, 0.25) is 0 Å². The highest BCUT2D eigenvalue weighted by atomic mass is 16.5. The van der Waals surface area contributed by atoms with Crippen molar-refractivity contribution in [1.29, 1.82) is 0 Å². The Morgan fingerprint density at radius 1 is 1.44 bits per heavy atom. The summed E-state index contributed by atoms with van der Waals surface area (Å²) in [5.74, 6) is 0.765. The van der Waals surface area contributed by atoms with Gasteiger partial charge in [0.05, 0.1) is 30.7 Å². The number of hydrogen-bond donors (Lipinski definition) is 1. The molecule has 1 heterocycles. The van der Waals surface area contributed by atoms with Gasteiger partial charge in [-0.1, -0.05) is 6.07 Å². The van der Waals surface area contributed by atoms with Crippen LogP contribution in [-0.4, -0.2) is 31.9 Å². The van der Waals surface area contributed by atoms with Crippen molar-refractivity contribution in [1.82, 2.24) is 0 Å². The highest BCUT2D eigenvalue weighted by molar-refractivity contribution is 5.74. The summed E-state index contributed by atoms with van der Waals surface area (Å²) in [6.07, 6.45) is 0.233. The molecular formula is C14H22N2O2. The molecule has 18 heavy (non-hydrogen) atoms. The van der Waals surface area contributed by atoms with Crippen molar-refractivity contribution in [3.8, 4) is 5.75 Å². The quantitative estimate of drug-likeness (QED) is 0.836. The lowest BCUT2D eigenvalue weighted by Crippen LogP contribution is -2.47. The van der Waals surface area contributed by atoms with Gasteiger partial charge in [-0.2, -0.15) is 0 Å². The molecule has 2 atom stereocenters. The SMILES string of the molecule is CCOc1cccc(N2CC(C)OCC2C)c1N. The molecule has 0 amide bonds. The normalized spacial score (nSPS) is 24.1. The molecule has 0 bridgehead atoms. The number of nitrogens with two attached hydrogens (primary N) is 1.